The molecule has 0 unspecified atom stereocenters. The molecule has 0 aromatic carbocycles. The molecule has 2 aromatic rings. The van der Waals surface area contributed by atoms with Crippen molar-refractivity contribution < 1.29 is 9.21 Å². The first-order chi connectivity index (χ1) is 10.6. The van der Waals surface area contributed by atoms with E-state index in [1.54, 1.807) is 0 Å². The van der Waals surface area contributed by atoms with E-state index in [-0.39, 0.29) is 5.91 Å². The van der Waals surface area contributed by atoms with E-state index in [1.807, 2.05) is 37.9 Å². The Morgan fingerprint density at radius 2 is 2.27 bits per heavy atom. The number of nitrogens with one attached hydrogen (secondary N) is 1. The van der Waals surface area contributed by atoms with Crippen molar-refractivity contribution in [3.05, 3.63) is 28.5 Å². The van der Waals surface area contributed by atoms with Gasteiger partial charge in [-0.25, -0.2) is 4.98 Å². The molecule has 0 radical (unpaired) electrons. The highest BCUT2D eigenvalue weighted by atomic mass is 32.1. The van der Waals surface area contributed by atoms with Gasteiger partial charge in [0.1, 0.15) is 10.6 Å². The number of carbonyl (C=O) groups is 1. The Kier molecular flexibility index (Phi) is 4.31. The molecule has 1 N–H and O–H groups in total. The minimum Gasteiger partial charge on any atom is -0.459 e. The van der Waals surface area contributed by atoms with Crippen molar-refractivity contribution in [1.82, 2.24) is 15.2 Å². The quantitative estimate of drug-likeness (QED) is 0.945. The van der Waals surface area contributed by atoms with Crippen molar-refractivity contribution in [2.24, 2.45) is 0 Å². The molecule has 1 fully saturated rings. The lowest BCUT2D eigenvalue weighted by Crippen LogP contribution is -2.46. The summed E-state index contributed by atoms with van der Waals surface area (Å²) in [6, 6.07) is 4.20. The van der Waals surface area contributed by atoms with E-state index < -0.39 is 0 Å². The number of piperidine rings is 1. The summed E-state index contributed by atoms with van der Waals surface area (Å²) in [5.74, 6) is 1.67. The number of amides is 1. The predicted molar refractivity (Wildman–Crippen MR) is 87.3 cm³/mol. The first-order valence-corrected chi connectivity index (χ1v) is 8.41. The molecule has 3 rings (SSSR count). The maximum Gasteiger partial charge on any atom is 0.265 e. The van der Waals surface area contributed by atoms with Crippen LogP contribution in [0.3, 0.4) is 0 Å². The standard InChI is InChI=1S/C16H21N3O2S/c1-10-6-7-13(21-10)15-18-11(2)14(22-15)16(20)19-8-4-5-12(9-19)17-3/h6-7,12,17H,4-5,8-9H2,1-3H3/t12-/m0/s1. The molecule has 1 amide bonds. The molecular weight excluding hydrogens is 298 g/mol. The van der Waals surface area contributed by atoms with E-state index in [0.29, 0.717) is 6.04 Å². The van der Waals surface area contributed by atoms with Crippen molar-refractivity contribution in [1.29, 1.82) is 0 Å². The zero-order valence-corrected chi connectivity index (χ0v) is 14.0. The summed E-state index contributed by atoms with van der Waals surface area (Å²) in [5.41, 5.74) is 0.783. The molecule has 5 nitrogen and oxygen atoms in total. The molecule has 1 aliphatic rings. The van der Waals surface area contributed by atoms with Crippen LogP contribution in [-0.2, 0) is 0 Å². The Bertz CT molecular complexity index is 677. The average molecular weight is 319 g/mol. The zero-order valence-electron chi connectivity index (χ0n) is 13.2. The van der Waals surface area contributed by atoms with Crippen molar-refractivity contribution in [3.8, 4) is 10.8 Å². The highest BCUT2D eigenvalue weighted by molar-refractivity contribution is 7.17. The van der Waals surface area contributed by atoms with E-state index in [0.717, 1.165) is 53.0 Å². The SMILES string of the molecule is CN[C@H]1CCCN(C(=O)c2sc(-c3ccc(C)o3)nc2C)C1. The van der Waals surface area contributed by atoms with Gasteiger partial charge in [-0.05, 0) is 45.9 Å². The number of rotatable bonds is 3. The number of furan rings is 1. The summed E-state index contributed by atoms with van der Waals surface area (Å²) in [4.78, 5) is 19.9. The van der Waals surface area contributed by atoms with Gasteiger partial charge < -0.3 is 14.6 Å². The summed E-state index contributed by atoms with van der Waals surface area (Å²) in [6.07, 6.45) is 2.16. The van der Waals surface area contributed by atoms with Crippen LogP contribution in [0.4, 0.5) is 0 Å². The smallest absolute Gasteiger partial charge is 0.265 e. The first-order valence-electron chi connectivity index (χ1n) is 7.59. The minimum absolute atomic E-state index is 0.0875. The largest absolute Gasteiger partial charge is 0.459 e. The molecule has 0 bridgehead atoms. The lowest BCUT2D eigenvalue weighted by atomic mass is 10.1. The van der Waals surface area contributed by atoms with Gasteiger partial charge in [0, 0.05) is 19.1 Å². The molecule has 22 heavy (non-hydrogen) atoms. The summed E-state index contributed by atoms with van der Waals surface area (Å²) in [6.45, 7) is 5.38. The van der Waals surface area contributed by atoms with E-state index >= 15 is 0 Å². The van der Waals surface area contributed by atoms with Crippen LogP contribution in [0.5, 0.6) is 0 Å². The normalized spacial score (nSPS) is 18.7. The van der Waals surface area contributed by atoms with E-state index in [9.17, 15) is 4.79 Å². The monoisotopic (exact) mass is 319 g/mol. The molecular formula is C16H21N3O2S. The topological polar surface area (TPSA) is 58.4 Å². The molecule has 2 aromatic heterocycles. The molecule has 118 valence electrons. The molecule has 0 aliphatic carbocycles. The summed E-state index contributed by atoms with van der Waals surface area (Å²) in [5, 5.41) is 4.04. The second-order valence-corrected chi connectivity index (χ2v) is 6.72. The van der Waals surface area contributed by atoms with Gasteiger partial charge >= 0.3 is 0 Å². The number of likely N-dealkylation sites (N-methyl/N-ethyl adjacent to an activating group) is 1. The minimum atomic E-state index is 0.0875. The Balaban J connectivity index is 1.82. The number of thiazole rings is 1. The Morgan fingerprint density at radius 1 is 1.45 bits per heavy atom. The summed E-state index contributed by atoms with van der Waals surface area (Å²) in [7, 11) is 1.95. The Morgan fingerprint density at radius 3 is 2.95 bits per heavy atom. The van der Waals surface area contributed by atoms with Gasteiger partial charge in [-0.1, -0.05) is 0 Å². The Hall–Kier alpha value is -1.66. The van der Waals surface area contributed by atoms with Crippen LogP contribution < -0.4 is 5.32 Å². The third-order valence-electron chi connectivity index (χ3n) is 4.06. The van der Waals surface area contributed by atoms with Crippen LogP contribution in [0.25, 0.3) is 10.8 Å². The van der Waals surface area contributed by atoms with Gasteiger partial charge in [0.25, 0.3) is 5.91 Å². The molecule has 0 spiro atoms. The number of nitrogens with zero attached hydrogens (tertiary/aromatic N) is 2. The van der Waals surface area contributed by atoms with Crippen molar-refractivity contribution in [2.75, 3.05) is 20.1 Å². The first kappa shape index (κ1) is 15.2. The van der Waals surface area contributed by atoms with Gasteiger partial charge in [-0.3, -0.25) is 4.79 Å². The van der Waals surface area contributed by atoms with Gasteiger partial charge in [0.15, 0.2) is 10.8 Å². The van der Waals surface area contributed by atoms with Crippen LogP contribution in [0.15, 0.2) is 16.5 Å². The fraction of sp³-hybridized carbons (Fsp3) is 0.500. The molecule has 1 atom stereocenters. The molecule has 1 saturated heterocycles. The second kappa shape index (κ2) is 6.22. The van der Waals surface area contributed by atoms with Crippen LogP contribution in [0.2, 0.25) is 0 Å². The number of aryl methyl sites for hydroxylation is 2. The van der Waals surface area contributed by atoms with E-state index in [2.05, 4.69) is 10.3 Å². The molecule has 3 heterocycles. The van der Waals surface area contributed by atoms with E-state index in [4.69, 9.17) is 4.42 Å². The van der Waals surface area contributed by atoms with Gasteiger partial charge in [0.05, 0.1) is 5.69 Å². The van der Waals surface area contributed by atoms with Crippen molar-refractivity contribution in [2.45, 2.75) is 32.7 Å². The third kappa shape index (κ3) is 2.94. The van der Waals surface area contributed by atoms with Crippen molar-refractivity contribution in [3.63, 3.8) is 0 Å². The number of hydrogen-bond donors (Lipinski definition) is 1. The average Bonchev–Trinajstić information content (AvgIpc) is 3.12. The number of hydrogen-bond acceptors (Lipinski definition) is 5. The van der Waals surface area contributed by atoms with Gasteiger partial charge in [-0.2, -0.15) is 0 Å². The van der Waals surface area contributed by atoms with Crippen LogP contribution in [-0.4, -0.2) is 42.0 Å². The molecule has 1 aliphatic heterocycles. The number of aromatic nitrogens is 1. The zero-order chi connectivity index (χ0) is 15.7. The summed E-state index contributed by atoms with van der Waals surface area (Å²) < 4.78 is 5.61. The lowest BCUT2D eigenvalue weighted by molar-refractivity contribution is 0.0702. The van der Waals surface area contributed by atoms with Crippen LogP contribution in [0.1, 0.15) is 34.0 Å². The van der Waals surface area contributed by atoms with Crippen LogP contribution >= 0.6 is 11.3 Å². The molecule has 0 saturated carbocycles. The number of likely N-dealkylation sites (tertiary alicyclic amines) is 1. The fourth-order valence-electron chi connectivity index (χ4n) is 2.79. The fourth-order valence-corrected chi connectivity index (χ4v) is 3.79. The third-order valence-corrected chi connectivity index (χ3v) is 5.22. The maximum atomic E-state index is 12.8. The van der Waals surface area contributed by atoms with Crippen molar-refractivity contribution >= 4 is 17.2 Å². The summed E-state index contributed by atoms with van der Waals surface area (Å²) >= 11 is 1.42. The maximum absolute atomic E-state index is 12.8. The van der Waals surface area contributed by atoms with Crippen LogP contribution in [0, 0.1) is 13.8 Å². The Labute approximate surface area is 134 Å². The molecule has 6 heteroatoms. The van der Waals surface area contributed by atoms with Gasteiger partial charge in [-0.15, -0.1) is 11.3 Å². The van der Waals surface area contributed by atoms with Gasteiger partial charge in [0.2, 0.25) is 0 Å². The lowest BCUT2D eigenvalue weighted by Gasteiger charge is -2.32. The van der Waals surface area contributed by atoms with E-state index in [1.165, 1.54) is 11.3 Å². The second-order valence-electron chi connectivity index (χ2n) is 5.72. The predicted octanol–water partition coefficient (Wildman–Crippen LogP) is 2.84. The highest BCUT2D eigenvalue weighted by Gasteiger charge is 2.27. The number of carbonyl (C=O) groups excluding carboxylic acids is 1. The highest BCUT2D eigenvalue weighted by Crippen LogP contribution is 2.30.